The summed E-state index contributed by atoms with van der Waals surface area (Å²) in [5.41, 5.74) is 3.83. The van der Waals surface area contributed by atoms with Crippen LogP contribution in [0.3, 0.4) is 0 Å². The third kappa shape index (κ3) is 6.82. The zero-order valence-electron chi connectivity index (χ0n) is 24.5. The van der Waals surface area contributed by atoms with E-state index in [1.165, 1.54) is 6.07 Å². The number of amides is 1. The van der Waals surface area contributed by atoms with E-state index >= 15 is 0 Å². The predicted octanol–water partition coefficient (Wildman–Crippen LogP) is 4.35. The molecule has 10 nitrogen and oxygen atoms in total. The Balaban J connectivity index is 1.43. The lowest BCUT2D eigenvalue weighted by atomic mass is 10.00. The molecule has 0 bridgehead atoms. The number of likely N-dealkylation sites (N-methyl/N-ethyl adjacent to an activating group) is 2. The summed E-state index contributed by atoms with van der Waals surface area (Å²) in [5, 5.41) is 11.7. The van der Waals surface area contributed by atoms with Gasteiger partial charge in [0.25, 0.3) is 0 Å². The molecule has 0 aliphatic carbocycles. The van der Waals surface area contributed by atoms with Crippen LogP contribution in [-0.4, -0.2) is 90.3 Å². The van der Waals surface area contributed by atoms with Crippen LogP contribution in [0.25, 0.3) is 10.9 Å². The lowest BCUT2D eigenvalue weighted by molar-refractivity contribution is -0.137. The fraction of sp³-hybridized carbons (Fsp3) is 0.273. The number of rotatable bonds is 8. The number of anilines is 1. The van der Waals surface area contributed by atoms with Crippen molar-refractivity contribution in [3.8, 4) is 5.88 Å². The Bertz CT molecular complexity index is 1650. The van der Waals surface area contributed by atoms with Gasteiger partial charge in [-0.05, 0) is 43.4 Å². The average molecular weight is 582 g/mol. The van der Waals surface area contributed by atoms with Crippen LogP contribution in [0, 0.1) is 0 Å². The van der Waals surface area contributed by atoms with E-state index in [4.69, 9.17) is 9.73 Å². The standard InChI is InChI=1S/C33H35N5O5/c1-4-29(40)43-33(42)23-10-15-26-27(20-23)35-32(41)30(26)31(22-8-6-5-7-9-22)34-24-11-13-25(14-12-24)37(3)28(39)21-38-18-16-36(2)17-19-38/h5-15,20,35,41H,4,16-19,21H2,1-3H3. The topological polar surface area (TPSA) is 119 Å². The molecule has 5 rings (SSSR count). The van der Waals surface area contributed by atoms with Gasteiger partial charge in [0.15, 0.2) is 5.88 Å². The molecule has 1 aromatic heterocycles. The molecular weight excluding hydrogens is 546 g/mol. The number of aromatic hydroxyl groups is 1. The van der Waals surface area contributed by atoms with Crippen molar-refractivity contribution in [3.63, 3.8) is 0 Å². The zero-order valence-corrected chi connectivity index (χ0v) is 24.5. The van der Waals surface area contributed by atoms with Gasteiger partial charge in [0.1, 0.15) is 0 Å². The van der Waals surface area contributed by atoms with E-state index in [9.17, 15) is 19.5 Å². The molecule has 43 heavy (non-hydrogen) atoms. The molecular formula is C33H35N5O5. The number of nitrogens with zero attached hydrogens (tertiary/aromatic N) is 4. The molecule has 1 aliphatic rings. The number of hydrogen-bond donors (Lipinski definition) is 2. The molecule has 2 heterocycles. The first-order valence-electron chi connectivity index (χ1n) is 14.2. The van der Waals surface area contributed by atoms with Crippen LogP contribution >= 0.6 is 0 Å². The van der Waals surface area contributed by atoms with Gasteiger partial charge in [-0.3, -0.25) is 14.5 Å². The van der Waals surface area contributed by atoms with Gasteiger partial charge in [0.2, 0.25) is 5.91 Å². The maximum absolute atomic E-state index is 13.0. The summed E-state index contributed by atoms with van der Waals surface area (Å²) in [4.78, 5) is 50.9. The molecule has 10 heteroatoms. The lowest BCUT2D eigenvalue weighted by Gasteiger charge is -2.32. The fourth-order valence-electron chi connectivity index (χ4n) is 4.97. The van der Waals surface area contributed by atoms with Crippen LogP contribution in [-0.2, 0) is 14.3 Å². The first-order chi connectivity index (χ1) is 20.7. The van der Waals surface area contributed by atoms with Gasteiger partial charge < -0.3 is 24.6 Å². The molecule has 222 valence electrons. The maximum Gasteiger partial charge on any atom is 0.345 e. The highest BCUT2D eigenvalue weighted by Gasteiger charge is 2.22. The van der Waals surface area contributed by atoms with Gasteiger partial charge in [0.05, 0.1) is 29.1 Å². The SMILES string of the molecule is CCC(=O)OC(=O)c1ccc2c(C(=Nc3ccc(N(C)C(=O)CN4CCN(C)CC4)cc3)c3ccccc3)c(O)[nH]c2c1. The minimum Gasteiger partial charge on any atom is -0.494 e. The van der Waals surface area contributed by atoms with E-state index in [-0.39, 0.29) is 23.8 Å². The molecule has 0 radical (unpaired) electrons. The van der Waals surface area contributed by atoms with Gasteiger partial charge in [-0.1, -0.05) is 43.3 Å². The minimum absolute atomic E-state index is 0.0248. The molecule has 1 fully saturated rings. The molecule has 1 amide bonds. The van der Waals surface area contributed by atoms with Gasteiger partial charge in [-0.25, -0.2) is 9.79 Å². The highest BCUT2D eigenvalue weighted by Crippen LogP contribution is 2.32. The Morgan fingerprint density at radius 1 is 0.953 bits per heavy atom. The third-order valence-corrected chi connectivity index (χ3v) is 7.60. The molecule has 0 spiro atoms. The second kappa shape index (κ2) is 13.0. The number of H-pyrrole nitrogens is 1. The third-order valence-electron chi connectivity index (χ3n) is 7.60. The van der Waals surface area contributed by atoms with E-state index in [1.54, 1.807) is 31.0 Å². The smallest absolute Gasteiger partial charge is 0.345 e. The number of piperazine rings is 1. The fourth-order valence-corrected chi connectivity index (χ4v) is 4.97. The quantitative estimate of drug-likeness (QED) is 0.181. The van der Waals surface area contributed by atoms with E-state index in [0.29, 0.717) is 34.4 Å². The van der Waals surface area contributed by atoms with Crippen molar-refractivity contribution in [2.45, 2.75) is 13.3 Å². The Labute approximate surface area is 250 Å². The maximum atomic E-state index is 13.0. The average Bonchev–Trinajstić information content (AvgIpc) is 3.35. The monoisotopic (exact) mass is 581 g/mol. The predicted molar refractivity (Wildman–Crippen MR) is 166 cm³/mol. The number of carbonyl (C=O) groups excluding carboxylic acids is 3. The highest BCUT2D eigenvalue weighted by molar-refractivity contribution is 6.22. The van der Waals surface area contributed by atoms with Crippen molar-refractivity contribution in [2.24, 2.45) is 4.99 Å². The van der Waals surface area contributed by atoms with E-state index in [2.05, 4.69) is 21.8 Å². The molecule has 3 aromatic carbocycles. The van der Waals surface area contributed by atoms with Gasteiger partial charge in [-0.15, -0.1) is 0 Å². The van der Waals surface area contributed by atoms with Crippen molar-refractivity contribution >= 4 is 45.8 Å². The van der Waals surface area contributed by atoms with Crippen LogP contribution in [0.15, 0.2) is 77.8 Å². The van der Waals surface area contributed by atoms with Crippen molar-refractivity contribution in [1.82, 2.24) is 14.8 Å². The van der Waals surface area contributed by atoms with Crippen LogP contribution in [0.4, 0.5) is 11.4 Å². The summed E-state index contributed by atoms with van der Waals surface area (Å²) in [5.74, 6) is -1.46. The summed E-state index contributed by atoms with van der Waals surface area (Å²) in [7, 11) is 3.86. The summed E-state index contributed by atoms with van der Waals surface area (Å²) in [6.07, 6.45) is 0.0858. The van der Waals surface area contributed by atoms with Crippen molar-refractivity contribution in [2.75, 3.05) is 51.7 Å². The Hall–Kier alpha value is -4.80. The van der Waals surface area contributed by atoms with Crippen molar-refractivity contribution in [3.05, 3.63) is 89.5 Å². The number of nitrogens with one attached hydrogen (secondary N) is 1. The Morgan fingerprint density at radius 2 is 1.65 bits per heavy atom. The Morgan fingerprint density at radius 3 is 2.33 bits per heavy atom. The number of hydrogen-bond acceptors (Lipinski definition) is 8. The Kier molecular flexibility index (Phi) is 8.98. The van der Waals surface area contributed by atoms with Crippen molar-refractivity contribution in [1.29, 1.82) is 0 Å². The van der Waals surface area contributed by atoms with Crippen LogP contribution < -0.4 is 4.90 Å². The second-order valence-electron chi connectivity index (χ2n) is 10.6. The molecule has 2 N–H and O–H groups in total. The molecule has 0 saturated carbocycles. The number of ether oxygens (including phenoxy) is 1. The molecule has 4 aromatic rings. The zero-order chi connectivity index (χ0) is 30.5. The second-order valence-corrected chi connectivity index (χ2v) is 10.6. The summed E-state index contributed by atoms with van der Waals surface area (Å²) < 4.78 is 4.84. The minimum atomic E-state index is -0.756. The van der Waals surface area contributed by atoms with E-state index < -0.39 is 11.9 Å². The van der Waals surface area contributed by atoms with Crippen LogP contribution in [0.2, 0.25) is 0 Å². The largest absolute Gasteiger partial charge is 0.494 e. The van der Waals surface area contributed by atoms with E-state index in [1.807, 2.05) is 54.6 Å². The number of aliphatic imine (C=N–C) groups is 1. The van der Waals surface area contributed by atoms with Crippen LogP contribution in [0.1, 0.15) is 34.8 Å². The van der Waals surface area contributed by atoms with Gasteiger partial charge in [0, 0.05) is 61.8 Å². The first kappa shape index (κ1) is 29.7. The number of carbonyl (C=O) groups is 3. The summed E-state index contributed by atoms with van der Waals surface area (Å²) >= 11 is 0. The molecule has 1 saturated heterocycles. The van der Waals surface area contributed by atoms with Crippen molar-refractivity contribution < 1.29 is 24.2 Å². The molecule has 0 atom stereocenters. The number of aromatic nitrogens is 1. The molecule has 0 unspecified atom stereocenters. The molecule has 1 aliphatic heterocycles. The van der Waals surface area contributed by atoms with E-state index in [0.717, 1.165) is 37.4 Å². The van der Waals surface area contributed by atoms with Crippen LogP contribution in [0.5, 0.6) is 5.88 Å². The highest BCUT2D eigenvalue weighted by atomic mass is 16.6. The number of benzene rings is 3. The van der Waals surface area contributed by atoms with Gasteiger partial charge in [-0.2, -0.15) is 0 Å². The number of fused-ring (bicyclic) bond motifs is 1. The normalized spacial score (nSPS) is 14.5. The first-order valence-corrected chi connectivity index (χ1v) is 14.2. The number of aromatic amines is 1. The lowest BCUT2D eigenvalue weighted by Crippen LogP contribution is -2.48. The summed E-state index contributed by atoms with van der Waals surface area (Å²) in [6.45, 7) is 5.63. The number of esters is 2. The summed E-state index contributed by atoms with van der Waals surface area (Å²) in [6, 6.07) is 21.6. The van der Waals surface area contributed by atoms with Gasteiger partial charge >= 0.3 is 11.9 Å².